The molecule has 1 aliphatic carbocycles. The Bertz CT molecular complexity index is 846. The first-order valence-electron chi connectivity index (χ1n) is 8.43. The van der Waals surface area contributed by atoms with Crippen LogP contribution in [0.3, 0.4) is 0 Å². The normalized spacial score (nSPS) is 29.9. The molecule has 27 heavy (non-hydrogen) atoms. The van der Waals surface area contributed by atoms with E-state index in [1.807, 2.05) is 0 Å². The lowest BCUT2D eigenvalue weighted by Gasteiger charge is -2.50. The zero-order chi connectivity index (χ0) is 20.0. The summed E-state index contributed by atoms with van der Waals surface area (Å²) >= 11 is 3.26. The molecule has 10 heteroatoms. The Hall–Kier alpha value is -2.20. The van der Waals surface area contributed by atoms with Crippen LogP contribution in [-0.4, -0.2) is 56.8 Å². The lowest BCUT2D eigenvalue weighted by molar-refractivity contribution is -0.640. The zero-order valence-corrected chi connectivity index (χ0v) is 16.2. The molecule has 0 radical (unpaired) electrons. The molecule has 0 aromatic heterocycles. The number of piperidine rings is 1. The standard InChI is InChI=1S/C17H18BrN3O6/c1-11(22)8-14-16(20(24)25)9-19(7-6-18)10-17(14,21(26)27)15(23)12-4-2-3-5-13(12)16/h2-5,14H,6-10H2,1H3/t14-,16+,17+/m0/s1. The number of fused-ring (bicyclic) bond motifs is 4. The highest BCUT2D eigenvalue weighted by Crippen LogP contribution is 2.53. The van der Waals surface area contributed by atoms with E-state index in [9.17, 15) is 29.8 Å². The zero-order valence-electron chi connectivity index (χ0n) is 14.6. The van der Waals surface area contributed by atoms with E-state index >= 15 is 0 Å². The molecule has 144 valence electrons. The molecule has 2 bridgehead atoms. The van der Waals surface area contributed by atoms with E-state index in [1.54, 1.807) is 11.0 Å². The summed E-state index contributed by atoms with van der Waals surface area (Å²) in [6.07, 6.45) is -0.399. The fourth-order valence-electron chi connectivity index (χ4n) is 4.60. The summed E-state index contributed by atoms with van der Waals surface area (Å²) in [7, 11) is 0. The van der Waals surface area contributed by atoms with Crippen molar-refractivity contribution in [1.82, 2.24) is 4.90 Å². The van der Waals surface area contributed by atoms with Gasteiger partial charge in [0.2, 0.25) is 5.78 Å². The van der Waals surface area contributed by atoms with Gasteiger partial charge in [0, 0.05) is 39.3 Å². The number of ketones is 2. The third-order valence-corrected chi connectivity index (χ3v) is 6.01. The van der Waals surface area contributed by atoms with Gasteiger partial charge in [-0.2, -0.15) is 0 Å². The van der Waals surface area contributed by atoms with Gasteiger partial charge in [-0.3, -0.25) is 29.9 Å². The van der Waals surface area contributed by atoms with Crippen LogP contribution in [0, 0.1) is 26.1 Å². The Labute approximate surface area is 163 Å². The fourth-order valence-corrected chi connectivity index (χ4v) is 5.10. The number of hydrogen-bond acceptors (Lipinski definition) is 7. The van der Waals surface area contributed by atoms with Crippen molar-refractivity contribution in [3.8, 4) is 0 Å². The third-order valence-electron chi connectivity index (χ3n) is 5.66. The average Bonchev–Trinajstić information content (AvgIpc) is 2.60. The number of carbonyl (C=O) groups excluding carboxylic acids is 2. The van der Waals surface area contributed by atoms with Gasteiger partial charge in [0.15, 0.2) is 0 Å². The highest BCUT2D eigenvalue weighted by molar-refractivity contribution is 9.09. The van der Waals surface area contributed by atoms with E-state index in [1.165, 1.54) is 25.1 Å². The number of hydrogen-bond donors (Lipinski definition) is 0. The van der Waals surface area contributed by atoms with Crippen molar-refractivity contribution >= 4 is 27.5 Å². The predicted molar refractivity (Wildman–Crippen MR) is 98.2 cm³/mol. The van der Waals surface area contributed by atoms with Crippen molar-refractivity contribution in [3.63, 3.8) is 0 Å². The number of carbonyl (C=O) groups is 2. The first kappa shape index (κ1) is 19.6. The summed E-state index contributed by atoms with van der Waals surface area (Å²) in [6.45, 7) is 1.20. The number of alkyl halides is 1. The number of benzene rings is 1. The lowest BCUT2D eigenvalue weighted by atomic mass is 9.56. The molecule has 1 fully saturated rings. The van der Waals surface area contributed by atoms with Gasteiger partial charge in [0.1, 0.15) is 11.7 Å². The monoisotopic (exact) mass is 439 g/mol. The van der Waals surface area contributed by atoms with Crippen LogP contribution < -0.4 is 0 Å². The summed E-state index contributed by atoms with van der Waals surface area (Å²) in [5.41, 5.74) is -3.97. The van der Waals surface area contributed by atoms with Crippen molar-refractivity contribution in [2.45, 2.75) is 24.4 Å². The van der Waals surface area contributed by atoms with Gasteiger partial charge in [-0.25, -0.2) is 0 Å². The van der Waals surface area contributed by atoms with Gasteiger partial charge in [0.25, 0.3) is 5.54 Å². The summed E-state index contributed by atoms with van der Waals surface area (Å²) < 4.78 is 0. The second-order valence-electron chi connectivity index (χ2n) is 7.10. The molecule has 2 aliphatic rings. The maximum absolute atomic E-state index is 13.3. The average molecular weight is 440 g/mol. The Morgan fingerprint density at radius 3 is 2.37 bits per heavy atom. The van der Waals surface area contributed by atoms with Crippen LogP contribution in [0.25, 0.3) is 0 Å². The lowest BCUT2D eigenvalue weighted by Crippen LogP contribution is -2.75. The molecule has 0 saturated carbocycles. The minimum absolute atomic E-state index is 0.00388. The number of likely N-dealkylation sites (tertiary alicyclic amines) is 1. The van der Waals surface area contributed by atoms with Crippen molar-refractivity contribution in [1.29, 1.82) is 0 Å². The van der Waals surface area contributed by atoms with Gasteiger partial charge in [-0.15, -0.1) is 0 Å². The Morgan fingerprint density at radius 2 is 1.81 bits per heavy atom. The number of rotatable bonds is 6. The largest absolute Gasteiger partial charge is 0.306 e. The molecule has 0 amide bonds. The number of halogens is 1. The van der Waals surface area contributed by atoms with E-state index in [4.69, 9.17) is 0 Å². The molecule has 1 saturated heterocycles. The van der Waals surface area contributed by atoms with Crippen molar-refractivity contribution in [2.24, 2.45) is 5.92 Å². The van der Waals surface area contributed by atoms with Crippen molar-refractivity contribution < 1.29 is 19.4 Å². The van der Waals surface area contributed by atoms with E-state index in [2.05, 4.69) is 15.9 Å². The molecule has 1 aliphatic heterocycles. The molecule has 9 nitrogen and oxygen atoms in total. The Kier molecular flexibility index (Phi) is 4.89. The van der Waals surface area contributed by atoms with E-state index in [-0.39, 0.29) is 24.2 Å². The van der Waals surface area contributed by atoms with Crippen molar-refractivity contribution in [2.75, 3.05) is 25.0 Å². The van der Waals surface area contributed by atoms with Crippen LogP contribution in [0.5, 0.6) is 0 Å². The van der Waals surface area contributed by atoms with Gasteiger partial charge >= 0.3 is 5.54 Å². The molecule has 0 unspecified atom stereocenters. The van der Waals surface area contributed by atoms with Crippen LogP contribution in [0.15, 0.2) is 24.3 Å². The summed E-state index contributed by atoms with van der Waals surface area (Å²) in [4.78, 5) is 50.1. The third kappa shape index (κ3) is 2.61. The molecule has 0 spiro atoms. The van der Waals surface area contributed by atoms with Gasteiger partial charge < -0.3 is 4.79 Å². The second kappa shape index (κ2) is 6.75. The van der Waals surface area contributed by atoms with E-state index in [0.29, 0.717) is 11.9 Å². The molecular formula is C17H18BrN3O6. The van der Waals surface area contributed by atoms with E-state index in [0.717, 1.165) is 0 Å². The first-order valence-corrected chi connectivity index (χ1v) is 9.55. The molecule has 3 rings (SSSR count). The summed E-state index contributed by atoms with van der Waals surface area (Å²) in [5, 5.41) is 25.1. The first-order chi connectivity index (χ1) is 12.7. The van der Waals surface area contributed by atoms with Gasteiger partial charge in [-0.1, -0.05) is 40.2 Å². The van der Waals surface area contributed by atoms with E-state index < -0.39 is 44.8 Å². The Morgan fingerprint density at radius 1 is 1.22 bits per heavy atom. The SMILES string of the molecule is CC(=O)C[C@@H]1[C@]2([N+](=O)[O-])CN(CCBr)C[C@@]1([N+](=O)[O-])c1ccccc1C2=O. The summed E-state index contributed by atoms with van der Waals surface area (Å²) in [6, 6.07) is 5.99. The van der Waals surface area contributed by atoms with Crippen LogP contribution >= 0.6 is 15.9 Å². The fraction of sp³-hybridized carbons (Fsp3) is 0.529. The van der Waals surface area contributed by atoms with Crippen LogP contribution in [0.1, 0.15) is 29.3 Å². The van der Waals surface area contributed by atoms with Crippen LogP contribution in [-0.2, 0) is 10.3 Å². The molecule has 0 N–H and O–H groups in total. The highest BCUT2D eigenvalue weighted by atomic mass is 79.9. The second-order valence-corrected chi connectivity index (χ2v) is 7.89. The van der Waals surface area contributed by atoms with Gasteiger partial charge in [-0.05, 0) is 6.92 Å². The quantitative estimate of drug-likeness (QED) is 0.375. The minimum atomic E-state index is -2.23. The van der Waals surface area contributed by atoms with Crippen LogP contribution in [0.4, 0.5) is 0 Å². The molecule has 3 atom stereocenters. The number of Topliss-reactive ketones (excluding diaryl/α,β-unsaturated/α-hetero) is 2. The number of nitro groups is 2. The minimum Gasteiger partial charge on any atom is -0.300 e. The molecular weight excluding hydrogens is 422 g/mol. The molecule has 1 aromatic carbocycles. The summed E-state index contributed by atoms with van der Waals surface area (Å²) in [5.74, 6) is -2.52. The topological polar surface area (TPSA) is 124 Å². The maximum atomic E-state index is 13.3. The molecule has 1 aromatic rings. The highest BCUT2D eigenvalue weighted by Gasteiger charge is 2.77. The molecule has 1 heterocycles. The predicted octanol–water partition coefficient (Wildman–Crippen LogP) is 1.68. The van der Waals surface area contributed by atoms with Crippen LogP contribution in [0.2, 0.25) is 0 Å². The Balaban J connectivity index is 2.39. The van der Waals surface area contributed by atoms with Crippen molar-refractivity contribution in [3.05, 3.63) is 55.6 Å². The smallest absolute Gasteiger partial charge is 0.300 e. The maximum Gasteiger partial charge on any atom is 0.306 e. The number of nitrogens with zero attached hydrogens (tertiary/aromatic N) is 3. The van der Waals surface area contributed by atoms with Gasteiger partial charge in [0.05, 0.1) is 13.1 Å².